The molecule has 18 nitrogen and oxygen atoms in total. The molecule has 0 bridgehead atoms. The fourth-order valence-corrected chi connectivity index (χ4v) is 9.76. The van der Waals surface area contributed by atoms with Crippen molar-refractivity contribution in [3.63, 3.8) is 0 Å². The summed E-state index contributed by atoms with van der Waals surface area (Å²) in [5.74, 6) is -5.60. The summed E-state index contributed by atoms with van der Waals surface area (Å²) in [4.78, 5) is 122. The Labute approximate surface area is 381 Å². The lowest BCUT2D eigenvalue weighted by atomic mass is 9.96. The van der Waals surface area contributed by atoms with Gasteiger partial charge in [-0.2, -0.15) is 0 Å². The van der Waals surface area contributed by atoms with Gasteiger partial charge in [0.25, 0.3) is 0 Å². The number of aromatic nitrogens is 1. The van der Waals surface area contributed by atoms with E-state index in [0.717, 1.165) is 16.5 Å². The third-order valence-corrected chi connectivity index (χ3v) is 13.6. The van der Waals surface area contributed by atoms with Crippen LogP contribution in [0.1, 0.15) is 105 Å². The molecular formula is C47H69N9O9. The summed E-state index contributed by atoms with van der Waals surface area (Å²) in [6.45, 7) is 13.0. The minimum Gasteiger partial charge on any atom is -0.391 e. The van der Waals surface area contributed by atoms with Crippen LogP contribution in [-0.4, -0.2) is 146 Å². The number of carbonyl (C=O) groups excluding carboxylic acids is 8. The molecule has 10 unspecified atom stereocenters. The molecule has 4 aliphatic rings. The Balaban J connectivity index is 1.39. The lowest BCUT2D eigenvalue weighted by molar-refractivity contribution is -0.147. The van der Waals surface area contributed by atoms with E-state index in [0.29, 0.717) is 38.5 Å². The number of aromatic amines is 1. The number of amides is 8. The number of carbonyl (C=O) groups is 8. The molecule has 0 aliphatic carbocycles. The quantitative estimate of drug-likeness (QED) is 0.202. The summed E-state index contributed by atoms with van der Waals surface area (Å²) in [5, 5.41) is 26.0. The third-order valence-electron chi connectivity index (χ3n) is 13.6. The number of aliphatic hydroxyl groups excluding tert-OH is 1. The lowest BCUT2D eigenvalue weighted by Crippen LogP contribution is -2.63. The molecule has 5 heterocycles. The number of para-hydroxylation sites is 1. The van der Waals surface area contributed by atoms with Gasteiger partial charge in [-0.3, -0.25) is 38.4 Å². The molecule has 4 fully saturated rings. The average Bonchev–Trinajstić information content (AvgIpc) is 4.11. The molecule has 1 aromatic carbocycles. The van der Waals surface area contributed by atoms with Gasteiger partial charge in [0, 0.05) is 43.2 Å². The summed E-state index contributed by atoms with van der Waals surface area (Å²) in [7, 11) is 0. The maximum absolute atomic E-state index is 14.6. The first-order valence-corrected chi connectivity index (χ1v) is 23.6. The van der Waals surface area contributed by atoms with Crippen molar-refractivity contribution in [2.45, 2.75) is 161 Å². The summed E-state index contributed by atoms with van der Waals surface area (Å²) in [6.07, 6.45) is 3.42. The van der Waals surface area contributed by atoms with Gasteiger partial charge in [-0.1, -0.05) is 66.2 Å². The molecule has 4 saturated heterocycles. The van der Waals surface area contributed by atoms with Crippen LogP contribution < -0.4 is 26.6 Å². The second-order valence-corrected chi connectivity index (χ2v) is 19.2. The van der Waals surface area contributed by atoms with Gasteiger partial charge in [0.15, 0.2) is 0 Å². The second-order valence-electron chi connectivity index (χ2n) is 19.2. The maximum atomic E-state index is 14.6. The highest BCUT2D eigenvalue weighted by atomic mass is 16.3. The Bertz CT molecular complexity index is 2100. The molecule has 0 spiro atoms. The van der Waals surface area contributed by atoms with Crippen molar-refractivity contribution in [1.29, 1.82) is 0 Å². The van der Waals surface area contributed by atoms with E-state index in [1.807, 2.05) is 52.0 Å². The molecule has 65 heavy (non-hydrogen) atoms. The van der Waals surface area contributed by atoms with Crippen molar-refractivity contribution in [2.24, 2.45) is 17.8 Å². The average molecular weight is 904 g/mol. The van der Waals surface area contributed by atoms with Gasteiger partial charge in [0.05, 0.1) is 6.10 Å². The molecule has 356 valence electrons. The predicted molar refractivity (Wildman–Crippen MR) is 241 cm³/mol. The maximum Gasteiger partial charge on any atom is 0.248 e. The smallest absolute Gasteiger partial charge is 0.248 e. The Morgan fingerprint density at radius 2 is 1.06 bits per heavy atom. The number of benzene rings is 1. The molecule has 1 aromatic heterocycles. The fourth-order valence-electron chi connectivity index (χ4n) is 9.76. The summed E-state index contributed by atoms with van der Waals surface area (Å²) < 4.78 is 0. The van der Waals surface area contributed by atoms with Crippen LogP contribution in [0, 0.1) is 17.8 Å². The molecule has 10 atom stereocenters. The van der Waals surface area contributed by atoms with E-state index in [2.05, 4.69) is 31.6 Å². The monoisotopic (exact) mass is 904 g/mol. The van der Waals surface area contributed by atoms with E-state index in [4.69, 9.17) is 0 Å². The van der Waals surface area contributed by atoms with Crippen molar-refractivity contribution in [3.05, 3.63) is 36.0 Å². The summed E-state index contributed by atoms with van der Waals surface area (Å²) in [5.41, 5.74) is 1.58. The van der Waals surface area contributed by atoms with E-state index in [1.165, 1.54) is 21.6 Å². The van der Waals surface area contributed by atoms with Crippen molar-refractivity contribution >= 4 is 58.2 Å². The predicted octanol–water partition coefficient (Wildman–Crippen LogP) is 1.25. The molecule has 0 saturated carbocycles. The van der Waals surface area contributed by atoms with E-state index >= 15 is 0 Å². The molecule has 7 N–H and O–H groups in total. The van der Waals surface area contributed by atoms with E-state index in [1.54, 1.807) is 20.0 Å². The number of nitrogens with one attached hydrogen (secondary N) is 6. The van der Waals surface area contributed by atoms with E-state index in [9.17, 15) is 43.5 Å². The number of H-pyrrole nitrogens is 1. The third kappa shape index (κ3) is 11.0. The number of hydrogen-bond donors (Lipinski definition) is 7. The minimum atomic E-state index is -1.47. The van der Waals surface area contributed by atoms with Crippen LogP contribution in [0.5, 0.6) is 0 Å². The number of nitrogens with zero attached hydrogens (tertiary/aromatic N) is 3. The highest BCUT2D eigenvalue weighted by Gasteiger charge is 2.45. The van der Waals surface area contributed by atoms with E-state index < -0.39 is 108 Å². The van der Waals surface area contributed by atoms with Crippen LogP contribution in [0.3, 0.4) is 0 Å². The zero-order chi connectivity index (χ0) is 47.3. The first-order valence-electron chi connectivity index (χ1n) is 23.6. The van der Waals surface area contributed by atoms with Gasteiger partial charge in [-0.05, 0) is 81.3 Å². The Kier molecular flexibility index (Phi) is 16.0. The van der Waals surface area contributed by atoms with Gasteiger partial charge in [-0.15, -0.1) is 0 Å². The van der Waals surface area contributed by atoms with Gasteiger partial charge >= 0.3 is 0 Å². The van der Waals surface area contributed by atoms with Crippen molar-refractivity contribution in [3.8, 4) is 0 Å². The number of fused-ring (bicyclic) bond motifs is 4. The molecule has 4 aliphatic heterocycles. The SMILES string of the molecule is CCC(C)C1NC(=O)C2CCCN2C(=O)C(C(C)O)NC(=O)C(CC(C)C)NC(=O)C2CCCN2C(=O)C(C(C)C)NC(=O)C(Cc2c[nH]c3ccccc23)NC(=O)C2CCCN2C1=O. The Morgan fingerprint density at radius 1 is 0.600 bits per heavy atom. The Hall–Kier alpha value is -5.52. The molecule has 6 rings (SSSR count). The largest absolute Gasteiger partial charge is 0.391 e. The minimum absolute atomic E-state index is 0.0490. The molecule has 2 aromatic rings. The number of hydrogen-bond acceptors (Lipinski definition) is 9. The number of aliphatic hydroxyl groups is 1. The van der Waals surface area contributed by atoms with Crippen LogP contribution in [0.2, 0.25) is 0 Å². The topological polar surface area (TPSA) is 242 Å². The first kappa shape index (κ1) is 48.9. The van der Waals surface area contributed by atoms with Gasteiger partial charge < -0.3 is 51.4 Å². The van der Waals surface area contributed by atoms with Crippen LogP contribution in [0.15, 0.2) is 30.5 Å². The zero-order valence-electron chi connectivity index (χ0n) is 38.9. The van der Waals surface area contributed by atoms with Crippen LogP contribution in [-0.2, 0) is 44.8 Å². The van der Waals surface area contributed by atoms with Gasteiger partial charge in [-0.25, -0.2) is 0 Å². The highest BCUT2D eigenvalue weighted by Crippen LogP contribution is 2.26. The highest BCUT2D eigenvalue weighted by molar-refractivity contribution is 6.00. The molecular weight excluding hydrogens is 835 g/mol. The van der Waals surface area contributed by atoms with Crippen LogP contribution in [0.25, 0.3) is 10.9 Å². The van der Waals surface area contributed by atoms with E-state index in [-0.39, 0.29) is 50.7 Å². The molecule has 0 radical (unpaired) electrons. The van der Waals surface area contributed by atoms with Crippen molar-refractivity contribution in [1.82, 2.24) is 46.3 Å². The van der Waals surface area contributed by atoms with Crippen molar-refractivity contribution in [2.75, 3.05) is 19.6 Å². The normalized spacial score (nSPS) is 29.2. The lowest BCUT2D eigenvalue weighted by Gasteiger charge is -2.35. The van der Waals surface area contributed by atoms with Crippen molar-refractivity contribution < 1.29 is 43.5 Å². The summed E-state index contributed by atoms with van der Waals surface area (Å²) >= 11 is 0. The Morgan fingerprint density at radius 3 is 1.58 bits per heavy atom. The zero-order valence-corrected chi connectivity index (χ0v) is 38.9. The van der Waals surface area contributed by atoms with Crippen LogP contribution in [0.4, 0.5) is 0 Å². The molecule has 8 amide bonds. The summed E-state index contributed by atoms with van der Waals surface area (Å²) in [6, 6.07) is -1.37. The molecule has 18 heteroatoms. The van der Waals surface area contributed by atoms with Crippen LogP contribution >= 0.6 is 0 Å². The van der Waals surface area contributed by atoms with Gasteiger partial charge in [0.2, 0.25) is 47.3 Å². The standard InChI is InChI=1S/C47H69N9O9/c1-8-27(6)38-46(64)55-20-12-17-35(55)43(61)50-33(23-29-24-48-31-15-10-9-14-30(29)31)41(59)51-37(26(4)5)45(63)54-19-11-16-34(54)42(60)49-32(22-25(2)3)40(58)53-39(28(7)57)47(65)56-21-13-18-36(56)44(62)52-38/h9-10,14-15,24-28,32-39,48,57H,8,11-13,16-23H2,1-7H3,(H,49,60)(H,50,61)(H,51,59)(H,52,62)(H,53,58). The fraction of sp³-hybridized carbons (Fsp3) is 0.660. The first-order chi connectivity index (χ1) is 30.9. The second kappa shape index (κ2) is 21.2. The van der Waals surface area contributed by atoms with Gasteiger partial charge in [0.1, 0.15) is 48.3 Å². The number of rotatable bonds is 8.